The fourth-order valence-corrected chi connectivity index (χ4v) is 5.69. The van der Waals surface area contributed by atoms with Gasteiger partial charge in [-0.1, -0.05) is 49.8 Å². The lowest BCUT2D eigenvalue weighted by atomic mass is 9.97. The molecular formula is C23H29O4P. The summed E-state index contributed by atoms with van der Waals surface area (Å²) in [6.07, 6.45) is 7.32. The normalized spacial score (nSPS) is 21.3. The van der Waals surface area contributed by atoms with Gasteiger partial charge in [0.2, 0.25) is 5.50 Å². The van der Waals surface area contributed by atoms with Gasteiger partial charge < -0.3 is 13.5 Å². The van der Waals surface area contributed by atoms with E-state index in [0.29, 0.717) is 25.1 Å². The molecule has 4 rings (SSSR count). The molecule has 150 valence electrons. The molecule has 0 radical (unpaired) electrons. The molecule has 1 aliphatic heterocycles. The Balaban J connectivity index is 1.70. The van der Waals surface area contributed by atoms with Crippen molar-refractivity contribution in [3.8, 4) is 0 Å². The Labute approximate surface area is 167 Å². The van der Waals surface area contributed by atoms with Crippen molar-refractivity contribution in [2.24, 2.45) is 5.41 Å². The maximum atomic E-state index is 13.5. The van der Waals surface area contributed by atoms with E-state index in [9.17, 15) is 4.57 Å². The van der Waals surface area contributed by atoms with Crippen molar-refractivity contribution in [1.82, 2.24) is 0 Å². The van der Waals surface area contributed by atoms with Crippen molar-refractivity contribution < 1.29 is 18.0 Å². The number of aryl methyl sites for hydroxylation is 1. The topological polar surface area (TPSA) is 48.7 Å². The summed E-state index contributed by atoms with van der Waals surface area (Å²) in [5, 5.41) is 0. The van der Waals surface area contributed by atoms with E-state index < -0.39 is 7.60 Å². The van der Waals surface area contributed by atoms with E-state index >= 15 is 0 Å². The van der Waals surface area contributed by atoms with Gasteiger partial charge in [-0.05, 0) is 49.8 Å². The summed E-state index contributed by atoms with van der Waals surface area (Å²) < 4.78 is 31.3. The smallest absolute Gasteiger partial charge is 0.396 e. The van der Waals surface area contributed by atoms with Crippen LogP contribution in [0.1, 0.15) is 62.0 Å². The Morgan fingerprint density at radius 1 is 1.07 bits per heavy atom. The summed E-state index contributed by atoms with van der Waals surface area (Å²) in [6.45, 7) is 6.96. The van der Waals surface area contributed by atoms with E-state index in [1.807, 2.05) is 19.9 Å². The molecule has 0 amide bonds. The van der Waals surface area contributed by atoms with Crippen LogP contribution in [0.25, 0.3) is 5.57 Å². The minimum absolute atomic E-state index is 0.146. The maximum Gasteiger partial charge on any atom is 0.396 e. The van der Waals surface area contributed by atoms with Gasteiger partial charge in [-0.25, -0.2) is 0 Å². The van der Waals surface area contributed by atoms with Crippen LogP contribution in [0.3, 0.4) is 0 Å². The van der Waals surface area contributed by atoms with Crippen molar-refractivity contribution in [1.29, 1.82) is 0 Å². The second-order valence-corrected chi connectivity index (χ2v) is 10.7. The van der Waals surface area contributed by atoms with Crippen LogP contribution in [0.2, 0.25) is 0 Å². The standard InChI is InChI=1S/C23H29O4P/c1-17-9-11-18(12-10-17)13-20-14-21(19-7-5-4-6-8-19)27-22(20)28(24)25-15-23(2,3)16-26-28/h7,9-12,14H,4-6,8,13,15-16H2,1-3H3. The van der Waals surface area contributed by atoms with E-state index in [0.717, 1.165) is 36.1 Å². The van der Waals surface area contributed by atoms with Crippen LogP contribution >= 0.6 is 7.60 Å². The molecule has 1 aliphatic carbocycles. The van der Waals surface area contributed by atoms with Gasteiger partial charge in [-0.3, -0.25) is 4.57 Å². The zero-order valence-corrected chi connectivity index (χ0v) is 17.9. The quantitative estimate of drug-likeness (QED) is 0.588. The summed E-state index contributed by atoms with van der Waals surface area (Å²) in [4.78, 5) is 0. The van der Waals surface area contributed by atoms with Crippen LogP contribution in [0.4, 0.5) is 0 Å². The van der Waals surface area contributed by atoms with Crippen LogP contribution in [-0.4, -0.2) is 13.2 Å². The SMILES string of the molecule is Cc1ccc(Cc2cc(C3=CCCCC3)oc2P2(=O)OCC(C)(C)CO2)cc1. The van der Waals surface area contributed by atoms with Crippen LogP contribution in [0.15, 0.2) is 40.8 Å². The molecule has 1 aromatic heterocycles. The van der Waals surface area contributed by atoms with Crippen LogP contribution in [0.5, 0.6) is 0 Å². The van der Waals surface area contributed by atoms with Crippen LogP contribution in [0, 0.1) is 12.3 Å². The third kappa shape index (κ3) is 4.20. The van der Waals surface area contributed by atoms with Gasteiger partial charge in [0.05, 0.1) is 13.2 Å². The molecule has 0 unspecified atom stereocenters. The molecule has 1 aromatic carbocycles. The van der Waals surface area contributed by atoms with Crippen molar-refractivity contribution in [3.63, 3.8) is 0 Å². The maximum absolute atomic E-state index is 13.5. The molecule has 0 saturated carbocycles. The van der Waals surface area contributed by atoms with Gasteiger partial charge in [-0.2, -0.15) is 0 Å². The van der Waals surface area contributed by atoms with Gasteiger partial charge in [0.15, 0.2) is 0 Å². The first-order chi connectivity index (χ1) is 13.3. The molecule has 0 spiro atoms. The number of furan rings is 1. The molecule has 4 nitrogen and oxygen atoms in total. The van der Waals surface area contributed by atoms with Crippen molar-refractivity contribution in [3.05, 3.63) is 58.9 Å². The Kier molecular flexibility index (Phi) is 5.39. The van der Waals surface area contributed by atoms with E-state index in [2.05, 4.69) is 37.3 Å². The van der Waals surface area contributed by atoms with E-state index in [-0.39, 0.29) is 5.41 Å². The first kappa shape index (κ1) is 19.7. The number of hydrogen-bond donors (Lipinski definition) is 0. The molecule has 2 aromatic rings. The zero-order valence-electron chi connectivity index (χ0n) is 17.0. The Bertz CT molecular complexity index is 907. The van der Waals surface area contributed by atoms with Crippen molar-refractivity contribution in [2.75, 3.05) is 13.2 Å². The molecule has 0 N–H and O–H groups in total. The average molecular weight is 400 g/mol. The molecule has 5 heteroatoms. The van der Waals surface area contributed by atoms with Gasteiger partial charge >= 0.3 is 7.60 Å². The van der Waals surface area contributed by atoms with Gasteiger partial charge in [0, 0.05) is 17.4 Å². The number of rotatable bonds is 4. The molecule has 28 heavy (non-hydrogen) atoms. The molecule has 2 heterocycles. The zero-order chi connectivity index (χ0) is 19.8. The summed E-state index contributed by atoms with van der Waals surface area (Å²) in [7, 11) is -3.45. The summed E-state index contributed by atoms with van der Waals surface area (Å²) in [5.41, 5.74) is 4.70. The fourth-order valence-electron chi connectivity index (χ4n) is 3.64. The lowest BCUT2D eigenvalue weighted by Gasteiger charge is -2.33. The highest BCUT2D eigenvalue weighted by Crippen LogP contribution is 2.54. The van der Waals surface area contributed by atoms with Crippen molar-refractivity contribution in [2.45, 2.75) is 52.9 Å². The largest absolute Gasteiger partial charge is 0.448 e. The van der Waals surface area contributed by atoms with E-state index in [1.54, 1.807) is 0 Å². The summed E-state index contributed by atoms with van der Waals surface area (Å²) in [6, 6.07) is 10.4. The Morgan fingerprint density at radius 3 is 2.43 bits per heavy atom. The first-order valence-electron chi connectivity index (χ1n) is 10.1. The molecular weight excluding hydrogens is 371 g/mol. The highest BCUT2D eigenvalue weighted by molar-refractivity contribution is 7.61. The van der Waals surface area contributed by atoms with Gasteiger partial charge in [0.1, 0.15) is 5.76 Å². The predicted molar refractivity (Wildman–Crippen MR) is 112 cm³/mol. The van der Waals surface area contributed by atoms with E-state index in [4.69, 9.17) is 13.5 Å². The number of hydrogen-bond acceptors (Lipinski definition) is 4. The second-order valence-electron chi connectivity index (χ2n) is 8.79. The third-order valence-corrected chi connectivity index (χ3v) is 7.22. The third-order valence-electron chi connectivity index (χ3n) is 5.41. The highest BCUT2D eigenvalue weighted by Gasteiger charge is 2.42. The number of allylic oxidation sites excluding steroid dienone is 2. The molecule has 0 bridgehead atoms. The summed E-state index contributed by atoms with van der Waals surface area (Å²) >= 11 is 0. The minimum atomic E-state index is -3.45. The predicted octanol–water partition coefficient (Wildman–Crippen LogP) is 6.03. The number of benzene rings is 1. The first-order valence-corrected chi connectivity index (χ1v) is 11.7. The molecule has 2 aliphatic rings. The Morgan fingerprint density at radius 2 is 1.79 bits per heavy atom. The van der Waals surface area contributed by atoms with Gasteiger partial charge in [0.25, 0.3) is 0 Å². The van der Waals surface area contributed by atoms with Crippen molar-refractivity contribution >= 4 is 18.7 Å². The van der Waals surface area contributed by atoms with Crippen LogP contribution in [-0.2, 0) is 20.0 Å². The average Bonchev–Trinajstić information content (AvgIpc) is 3.12. The molecule has 1 saturated heterocycles. The lowest BCUT2D eigenvalue weighted by Crippen LogP contribution is -2.32. The second kappa shape index (κ2) is 7.67. The highest BCUT2D eigenvalue weighted by atomic mass is 31.2. The van der Waals surface area contributed by atoms with E-state index in [1.165, 1.54) is 17.6 Å². The summed E-state index contributed by atoms with van der Waals surface area (Å²) in [5.74, 6) is 0.809. The van der Waals surface area contributed by atoms with Gasteiger partial charge in [-0.15, -0.1) is 0 Å². The fraction of sp³-hybridized carbons (Fsp3) is 0.478. The Hall–Kier alpha value is -1.61. The lowest BCUT2D eigenvalue weighted by molar-refractivity contribution is 0.0447. The monoisotopic (exact) mass is 400 g/mol. The van der Waals surface area contributed by atoms with Crippen LogP contribution < -0.4 is 5.50 Å². The minimum Gasteiger partial charge on any atom is -0.448 e. The molecule has 0 atom stereocenters. The molecule has 1 fully saturated rings.